The van der Waals surface area contributed by atoms with Gasteiger partial charge in [0, 0.05) is 29.9 Å². The van der Waals surface area contributed by atoms with Gasteiger partial charge >= 0.3 is 0 Å². The maximum Gasteiger partial charge on any atom is 0.279 e. The van der Waals surface area contributed by atoms with Crippen molar-refractivity contribution in [1.29, 1.82) is 0 Å². The van der Waals surface area contributed by atoms with Crippen LogP contribution in [0.4, 0.5) is 5.69 Å². The lowest BCUT2D eigenvalue weighted by Gasteiger charge is -2.21. The molecule has 150 valence electrons. The molecular weight excluding hydrogens is 344 g/mol. The minimum absolute atomic E-state index is 0.0577. The van der Waals surface area contributed by atoms with Crippen LogP contribution in [-0.2, 0) is 9.59 Å². The molecule has 7 nitrogen and oxygen atoms in total. The van der Waals surface area contributed by atoms with Crippen molar-refractivity contribution in [3.8, 4) is 0 Å². The number of carbonyl (C=O) groups is 3. The summed E-state index contributed by atoms with van der Waals surface area (Å²) in [6.07, 6.45) is 0. The highest BCUT2D eigenvalue weighted by molar-refractivity contribution is 5.97. The van der Waals surface area contributed by atoms with Crippen molar-refractivity contribution in [2.45, 2.75) is 40.2 Å². The van der Waals surface area contributed by atoms with E-state index in [9.17, 15) is 14.4 Å². The first-order valence-electron chi connectivity index (χ1n) is 9.37. The first kappa shape index (κ1) is 22.6. The van der Waals surface area contributed by atoms with Crippen LogP contribution in [0.15, 0.2) is 24.3 Å². The lowest BCUT2D eigenvalue weighted by molar-refractivity contribution is -0.862. The first-order chi connectivity index (χ1) is 12.6. The Bertz CT molecular complexity index is 663. The Labute approximate surface area is 162 Å². The topological polar surface area (TPSA) is 83.0 Å². The van der Waals surface area contributed by atoms with E-state index in [0.29, 0.717) is 24.3 Å². The van der Waals surface area contributed by atoms with Gasteiger partial charge in [-0.25, -0.2) is 0 Å². The van der Waals surface area contributed by atoms with Crippen molar-refractivity contribution in [2.24, 2.45) is 0 Å². The monoisotopic (exact) mass is 377 g/mol. The fourth-order valence-corrected chi connectivity index (χ4v) is 2.70. The van der Waals surface area contributed by atoms with Crippen LogP contribution in [0.3, 0.4) is 0 Å². The highest BCUT2D eigenvalue weighted by Gasteiger charge is 2.19. The molecule has 0 fully saturated rings. The van der Waals surface area contributed by atoms with Crippen LogP contribution in [0.2, 0.25) is 0 Å². The molecule has 3 amide bonds. The summed E-state index contributed by atoms with van der Waals surface area (Å²) in [6.45, 7) is 11.3. The first-order valence-corrected chi connectivity index (χ1v) is 9.37. The lowest BCUT2D eigenvalue weighted by atomic mass is 10.1. The van der Waals surface area contributed by atoms with Gasteiger partial charge in [-0.2, -0.15) is 0 Å². The number of quaternary nitrogens is 1. The maximum absolute atomic E-state index is 12.4. The normalized spacial score (nSPS) is 12.2. The van der Waals surface area contributed by atoms with E-state index in [1.54, 1.807) is 36.2 Å². The fraction of sp³-hybridized carbons (Fsp3) is 0.550. The quantitative estimate of drug-likeness (QED) is 0.618. The van der Waals surface area contributed by atoms with E-state index in [0.717, 1.165) is 4.90 Å². The van der Waals surface area contributed by atoms with Gasteiger partial charge in [-0.15, -0.1) is 0 Å². The van der Waals surface area contributed by atoms with Gasteiger partial charge in [-0.1, -0.05) is 6.07 Å². The van der Waals surface area contributed by atoms with Crippen LogP contribution in [0.25, 0.3) is 0 Å². The molecular formula is C20H33N4O3+. The highest BCUT2D eigenvalue weighted by Crippen LogP contribution is 2.12. The molecule has 0 bridgehead atoms. The van der Waals surface area contributed by atoms with Crippen LogP contribution in [-0.4, -0.2) is 61.4 Å². The summed E-state index contributed by atoms with van der Waals surface area (Å²) in [5, 5.41) is 5.68. The van der Waals surface area contributed by atoms with E-state index in [1.807, 2.05) is 34.6 Å². The molecule has 0 aliphatic heterocycles. The fourth-order valence-electron chi connectivity index (χ4n) is 2.70. The summed E-state index contributed by atoms with van der Waals surface area (Å²) >= 11 is 0. The van der Waals surface area contributed by atoms with Crippen molar-refractivity contribution in [3.05, 3.63) is 29.8 Å². The van der Waals surface area contributed by atoms with Crippen molar-refractivity contribution < 1.29 is 19.3 Å². The Balaban J connectivity index is 2.63. The number of benzene rings is 1. The SMILES string of the molecule is CCN(CC)C(=O)c1cccc(NC(=O)C[NH+](C)CC(=O)NC(C)(C)C)c1. The third-order valence-electron chi connectivity index (χ3n) is 3.88. The number of nitrogens with zero attached hydrogens (tertiary/aromatic N) is 1. The smallest absolute Gasteiger partial charge is 0.279 e. The molecule has 0 aromatic heterocycles. The van der Waals surface area contributed by atoms with Crippen LogP contribution >= 0.6 is 0 Å². The predicted molar refractivity (Wildman–Crippen MR) is 107 cm³/mol. The van der Waals surface area contributed by atoms with Gasteiger partial charge in [0.15, 0.2) is 13.1 Å². The van der Waals surface area contributed by atoms with Gasteiger partial charge in [0.1, 0.15) is 0 Å². The largest absolute Gasteiger partial charge is 0.347 e. The standard InChI is InChI=1S/C20H32N4O3/c1-7-24(8-2)19(27)15-10-9-11-16(12-15)21-17(25)13-23(6)14-18(26)22-20(3,4)5/h9-12H,7-8,13-14H2,1-6H3,(H,21,25)(H,22,26)/p+1. The second kappa shape index (κ2) is 10.1. The molecule has 1 rings (SSSR count). The molecule has 0 saturated carbocycles. The summed E-state index contributed by atoms with van der Waals surface area (Å²) in [7, 11) is 1.79. The zero-order valence-electron chi connectivity index (χ0n) is 17.3. The number of carbonyl (C=O) groups excluding carboxylic acids is 3. The van der Waals surface area contributed by atoms with Crippen molar-refractivity contribution in [2.75, 3.05) is 38.5 Å². The van der Waals surface area contributed by atoms with Crippen LogP contribution in [0, 0.1) is 0 Å². The second-order valence-corrected chi connectivity index (χ2v) is 7.72. The number of rotatable bonds is 8. The summed E-state index contributed by atoms with van der Waals surface area (Å²) in [5.41, 5.74) is 0.823. The molecule has 1 aromatic rings. The Kier molecular flexibility index (Phi) is 8.43. The Morgan fingerprint density at radius 1 is 1.04 bits per heavy atom. The molecule has 0 radical (unpaired) electrons. The number of anilines is 1. The molecule has 0 aliphatic carbocycles. The summed E-state index contributed by atoms with van der Waals surface area (Å²) in [5.74, 6) is -0.360. The Morgan fingerprint density at radius 2 is 1.63 bits per heavy atom. The average molecular weight is 378 g/mol. The van der Waals surface area contributed by atoms with Gasteiger partial charge in [0.05, 0.1) is 7.05 Å². The average Bonchev–Trinajstić information content (AvgIpc) is 2.53. The lowest BCUT2D eigenvalue weighted by Crippen LogP contribution is -3.11. The van der Waals surface area contributed by atoms with Crippen molar-refractivity contribution >= 4 is 23.4 Å². The van der Waals surface area contributed by atoms with E-state index in [2.05, 4.69) is 10.6 Å². The summed E-state index contributed by atoms with van der Waals surface area (Å²) in [6, 6.07) is 6.92. The van der Waals surface area contributed by atoms with Gasteiger partial charge in [0.2, 0.25) is 0 Å². The van der Waals surface area contributed by atoms with E-state index in [1.165, 1.54) is 0 Å². The van der Waals surface area contributed by atoms with Crippen molar-refractivity contribution in [3.63, 3.8) is 0 Å². The number of nitrogens with one attached hydrogen (secondary N) is 3. The molecule has 1 atom stereocenters. The molecule has 27 heavy (non-hydrogen) atoms. The van der Waals surface area contributed by atoms with E-state index < -0.39 is 0 Å². The molecule has 7 heteroatoms. The molecule has 0 saturated heterocycles. The number of amides is 3. The van der Waals surface area contributed by atoms with Crippen LogP contribution < -0.4 is 15.5 Å². The maximum atomic E-state index is 12.4. The van der Waals surface area contributed by atoms with E-state index in [-0.39, 0.29) is 36.3 Å². The Hall–Kier alpha value is -2.41. The molecule has 3 N–H and O–H groups in total. The molecule has 0 heterocycles. The van der Waals surface area contributed by atoms with Crippen molar-refractivity contribution in [1.82, 2.24) is 10.2 Å². The zero-order valence-corrected chi connectivity index (χ0v) is 17.3. The molecule has 1 unspecified atom stereocenters. The number of hydrogen-bond donors (Lipinski definition) is 3. The van der Waals surface area contributed by atoms with Gasteiger partial charge in [0.25, 0.3) is 17.7 Å². The highest BCUT2D eigenvalue weighted by atomic mass is 16.2. The minimum atomic E-state index is -0.294. The molecule has 1 aromatic carbocycles. The molecule has 0 spiro atoms. The Morgan fingerprint density at radius 3 is 2.19 bits per heavy atom. The van der Waals surface area contributed by atoms with Gasteiger partial charge in [-0.3, -0.25) is 14.4 Å². The van der Waals surface area contributed by atoms with E-state index in [4.69, 9.17) is 0 Å². The zero-order chi connectivity index (χ0) is 20.6. The molecule has 0 aliphatic rings. The summed E-state index contributed by atoms with van der Waals surface area (Å²) in [4.78, 5) is 39.1. The minimum Gasteiger partial charge on any atom is -0.347 e. The van der Waals surface area contributed by atoms with E-state index >= 15 is 0 Å². The van der Waals surface area contributed by atoms with Crippen LogP contribution in [0.5, 0.6) is 0 Å². The van der Waals surface area contributed by atoms with Gasteiger partial charge < -0.3 is 20.4 Å². The van der Waals surface area contributed by atoms with Crippen LogP contribution in [0.1, 0.15) is 45.0 Å². The number of hydrogen-bond acceptors (Lipinski definition) is 3. The summed E-state index contributed by atoms with van der Waals surface area (Å²) < 4.78 is 0. The third kappa shape index (κ3) is 8.21. The predicted octanol–water partition coefficient (Wildman–Crippen LogP) is 0.537. The second-order valence-electron chi connectivity index (χ2n) is 7.72. The van der Waals surface area contributed by atoms with Gasteiger partial charge in [-0.05, 0) is 52.8 Å². The number of likely N-dealkylation sites (N-methyl/N-ethyl adjacent to an activating group) is 1. The third-order valence-corrected chi connectivity index (χ3v) is 3.88.